The van der Waals surface area contributed by atoms with E-state index in [4.69, 9.17) is 19.1 Å². The largest absolute Gasteiger partial charge is 0.421 e. The van der Waals surface area contributed by atoms with Gasteiger partial charge in [-0.05, 0) is 79.5 Å². The molecule has 2 aliphatic heterocycles. The molecule has 5 aromatic rings. The fraction of sp³-hybridized carbons (Fsp3) is 0.429. The monoisotopic (exact) mass is 635 g/mol. The molecule has 0 unspecified atom stereocenters. The van der Waals surface area contributed by atoms with Crippen molar-refractivity contribution >= 4 is 33.1 Å². The summed E-state index contributed by atoms with van der Waals surface area (Å²) in [6, 6.07) is 8.31. The number of thiophene rings is 1. The number of hydrogen-bond acceptors (Lipinski definition) is 10. The first-order valence-electron chi connectivity index (χ1n) is 16.3. The van der Waals surface area contributed by atoms with Crippen LogP contribution in [0.1, 0.15) is 90.5 Å². The van der Waals surface area contributed by atoms with Crippen LogP contribution >= 0.6 is 11.3 Å². The predicted molar refractivity (Wildman–Crippen MR) is 177 cm³/mol. The first kappa shape index (κ1) is 29.2. The molecule has 0 saturated carbocycles. The molecule has 0 bridgehead atoms. The zero-order valence-corrected chi connectivity index (χ0v) is 27.1. The molecule has 5 aromatic heterocycles. The number of carbonyl (C=O) groups excluding carboxylic acids is 1. The minimum atomic E-state index is -0.175. The highest BCUT2D eigenvalue weighted by molar-refractivity contribution is 7.23. The van der Waals surface area contributed by atoms with Gasteiger partial charge in [0.2, 0.25) is 11.8 Å². The van der Waals surface area contributed by atoms with Crippen molar-refractivity contribution in [3.05, 3.63) is 70.8 Å². The quantitative estimate of drug-likeness (QED) is 0.185. The summed E-state index contributed by atoms with van der Waals surface area (Å²) in [6.07, 6.45) is 9.43. The van der Waals surface area contributed by atoms with E-state index >= 15 is 0 Å². The summed E-state index contributed by atoms with van der Waals surface area (Å²) in [5.74, 6) is 2.32. The normalized spacial score (nSPS) is 19.5. The van der Waals surface area contributed by atoms with Gasteiger partial charge in [-0.3, -0.25) is 14.8 Å². The lowest BCUT2D eigenvalue weighted by atomic mass is 9.89. The van der Waals surface area contributed by atoms with Crippen molar-refractivity contribution in [1.29, 1.82) is 0 Å². The Labute approximate surface area is 271 Å². The van der Waals surface area contributed by atoms with E-state index in [0.29, 0.717) is 23.3 Å². The molecule has 1 fully saturated rings. The second-order valence-corrected chi connectivity index (χ2v) is 14.0. The molecule has 11 heteroatoms. The Morgan fingerprint density at radius 1 is 1.07 bits per heavy atom. The lowest BCUT2D eigenvalue weighted by Gasteiger charge is -2.23. The molecule has 10 nitrogen and oxygen atoms in total. The molecule has 1 saturated heterocycles. The number of hydrogen-bond donors (Lipinski definition) is 2. The molecule has 8 rings (SSSR count). The van der Waals surface area contributed by atoms with E-state index in [-0.39, 0.29) is 23.9 Å². The minimum Gasteiger partial charge on any atom is -0.421 e. The van der Waals surface area contributed by atoms with Crippen LogP contribution in [0, 0.1) is 18.8 Å². The van der Waals surface area contributed by atoms with Gasteiger partial charge in [0, 0.05) is 48.7 Å². The summed E-state index contributed by atoms with van der Waals surface area (Å²) in [6.45, 7) is 7.63. The van der Waals surface area contributed by atoms with Crippen molar-refractivity contribution in [2.75, 3.05) is 18.5 Å². The fourth-order valence-electron chi connectivity index (χ4n) is 7.22. The van der Waals surface area contributed by atoms with Crippen molar-refractivity contribution in [2.45, 2.75) is 71.4 Å². The van der Waals surface area contributed by atoms with Crippen molar-refractivity contribution in [1.82, 2.24) is 30.5 Å². The molecule has 236 valence electrons. The third kappa shape index (κ3) is 5.15. The fourth-order valence-corrected chi connectivity index (χ4v) is 8.39. The molecular formula is C35H37N7O3S. The van der Waals surface area contributed by atoms with Crippen LogP contribution in [-0.2, 0) is 17.6 Å². The van der Waals surface area contributed by atoms with E-state index in [9.17, 15) is 4.79 Å². The van der Waals surface area contributed by atoms with Crippen LogP contribution in [0.25, 0.3) is 32.0 Å². The van der Waals surface area contributed by atoms with Crippen LogP contribution in [0.3, 0.4) is 0 Å². The average Bonchev–Trinajstić information content (AvgIpc) is 3.86. The van der Waals surface area contributed by atoms with E-state index in [1.807, 2.05) is 24.5 Å². The summed E-state index contributed by atoms with van der Waals surface area (Å²) in [7, 11) is 0. The number of anilines is 1. The predicted octanol–water partition coefficient (Wildman–Crippen LogP) is 7.01. The molecule has 46 heavy (non-hydrogen) atoms. The molecule has 1 amide bonds. The van der Waals surface area contributed by atoms with Gasteiger partial charge in [-0.2, -0.15) is 0 Å². The zero-order valence-electron chi connectivity index (χ0n) is 26.3. The molecule has 0 spiro atoms. The highest BCUT2D eigenvalue weighted by Gasteiger charge is 2.39. The second-order valence-electron chi connectivity index (χ2n) is 12.9. The molecular weight excluding hydrogens is 598 g/mol. The Balaban J connectivity index is 1.29. The van der Waals surface area contributed by atoms with Gasteiger partial charge in [0.25, 0.3) is 5.91 Å². The lowest BCUT2D eigenvalue weighted by Crippen LogP contribution is -2.23. The lowest BCUT2D eigenvalue weighted by molar-refractivity contribution is 0.0639. The van der Waals surface area contributed by atoms with E-state index in [0.717, 1.165) is 101 Å². The topological polar surface area (TPSA) is 128 Å². The summed E-state index contributed by atoms with van der Waals surface area (Å²) >= 11 is 1.64. The smallest absolute Gasteiger partial charge is 0.254 e. The Hall–Kier alpha value is -4.22. The van der Waals surface area contributed by atoms with Crippen LogP contribution in [0.5, 0.6) is 0 Å². The van der Waals surface area contributed by atoms with Crippen LogP contribution in [-0.4, -0.2) is 44.3 Å². The van der Waals surface area contributed by atoms with Crippen molar-refractivity contribution in [2.24, 2.45) is 11.8 Å². The first-order valence-corrected chi connectivity index (χ1v) is 17.1. The van der Waals surface area contributed by atoms with Gasteiger partial charge < -0.3 is 19.8 Å². The summed E-state index contributed by atoms with van der Waals surface area (Å²) in [5.41, 5.74) is 6.25. The van der Waals surface area contributed by atoms with Crippen LogP contribution < -0.4 is 10.6 Å². The number of aromatic nitrogens is 5. The van der Waals surface area contributed by atoms with Crippen LogP contribution in [0.2, 0.25) is 0 Å². The van der Waals surface area contributed by atoms with Gasteiger partial charge in [-0.25, -0.2) is 4.98 Å². The van der Waals surface area contributed by atoms with Gasteiger partial charge in [0.15, 0.2) is 0 Å². The molecule has 2 atom stereocenters. The number of rotatable bonds is 8. The molecule has 0 aromatic carbocycles. The summed E-state index contributed by atoms with van der Waals surface area (Å²) < 4.78 is 12.8. The number of fused-ring (bicyclic) bond motifs is 3. The highest BCUT2D eigenvalue weighted by atomic mass is 32.1. The summed E-state index contributed by atoms with van der Waals surface area (Å²) in [4.78, 5) is 29.4. The molecule has 0 radical (unpaired) electrons. The number of carbonyl (C=O) groups is 1. The minimum absolute atomic E-state index is 0.117. The molecule has 7 heterocycles. The Kier molecular flexibility index (Phi) is 7.53. The number of pyridine rings is 3. The highest BCUT2D eigenvalue weighted by Crippen LogP contribution is 2.48. The van der Waals surface area contributed by atoms with Crippen molar-refractivity contribution in [3.8, 4) is 21.9 Å². The molecule has 3 aliphatic rings. The SMILES string of the molecule is Cc1nnc(-c2c(CCC3CCOCC3)nc3c(c2-c2cc4ccnc(N[C@@H]5CCc6ncccc65)c4s2)C(=O)N[C@H]3C(C)C)o1. The maximum Gasteiger partial charge on any atom is 0.254 e. The summed E-state index contributed by atoms with van der Waals surface area (Å²) in [5, 5.41) is 16.7. The third-order valence-electron chi connectivity index (χ3n) is 9.61. The standard InChI is InChI=1S/C35H37N7O3S/c1-18(2)30-31-29(34(43)40-30)28(27(35-42-41-19(3)45-35)25(38-31)7-6-20-11-15-44-16-12-20)26-17-21-10-14-37-33(32(21)46-26)39-24-9-8-23-22(24)5-4-13-36-23/h4-5,10,13-14,17-18,20,24,30H,6-9,11-12,15-16H2,1-3H3,(H,37,39)(H,40,43)/t24-,30+/m1/s1. The average molecular weight is 636 g/mol. The Bertz CT molecular complexity index is 1940. The van der Waals surface area contributed by atoms with Gasteiger partial charge in [-0.1, -0.05) is 19.9 Å². The van der Waals surface area contributed by atoms with E-state index < -0.39 is 0 Å². The van der Waals surface area contributed by atoms with Crippen molar-refractivity contribution in [3.63, 3.8) is 0 Å². The van der Waals surface area contributed by atoms with Gasteiger partial charge in [0.05, 0.1) is 39.3 Å². The maximum absolute atomic E-state index is 13.9. The van der Waals surface area contributed by atoms with E-state index in [2.05, 4.69) is 51.8 Å². The maximum atomic E-state index is 13.9. The van der Waals surface area contributed by atoms with Gasteiger partial charge in [0.1, 0.15) is 5.82 Å². The van der Waals surface area contributed by atoms with Crippen molar-refractivity contribution < 1.29 is 13.9 Å². The Morgan fingerprint density at radius 2 is 1.93 bits per heavy atom. The van der Waals surface area contributed by atoms with E-state index in [1.54, 1.807) is 18.3 Å². The van der Waals surface area contributed by atoms with Gasteiger partial charge in [-0.15, -0.1) is 21.5 Å². The number of ether oxygens (including phenoxy) is 1. The Morgan fingerprint density at radius 3 is 2.74 bits per heavy atom. The molecule has 1 aliphatic carbocycles. The van der Waals surface area contributed by atoms with Crippen LogP contribution in [0.4, 0.5) is 5.82 Å². The number of nitrogens with zero attached hydrogens (tertiary/aromatic N) is 5. The second kappa shape index (κ2) is 11.9. The number of aryl methyl sites for hydroxylation is 3. The molecule has 2 N–H and O–H groups in total. The van der Waals surface area contributed by atoms with Gasteiger partial charge >= 0.3 is 0 Å². The van der Waals surface area contributed by atoms with Crippen LogP contribution in [0.15, 0.2) is 41.1 Å². The zero-order chi connectivity index (χ0) is 31.4. The van der Waals surface area contributed by atoms with E-state index in [1.165, 1.54) is 5.56 Å². The first-order chi connectivity index (χ1) is 22.4. The number of nitrogens with one attached hydrogen (secondary N) is 2. The number of amides is 1. The third-order valence-corrected chi connectivity index (χ3v) is 10.8.